The molecule has 5 N–H and O–H groups in total. The third-order valence-corrected chi connectivity index (χ3v) is 22.2. The minimum absolute atomic E-state index is 0. The number of nitrogens with one attached hydrogen (secondary N) is 3. The number of likely N-dealkylation sites (tertiary alicyclic amines) is 1. The zero-order valence-electron chi connectivity index (χ0n) is 66.4. The van der Waals surface area contributed by atoms with Crippen LogP contribution in [0.5, 0.6) is 0 Å². The summed E-state index contributed by atoms with van der Waals surface area (Å²) in [4.78, 5) is 82.7. The molecule has 6 aromatic carbocycles. The van der Waals surface area contributed by atoms with Gasteiger partial charge in [-0.1, -0.05) is 74.2 Å². The number of hydrogen-bond acceptors (Lipinski definition) is 25. The van der Waals surface area contributed by atoms with E-state index < -0.39 is 0 Å². The Morgan fingerprint density at radius 2 is 1.01 bits per heavy atom. The SMILES string of the molecule is C.C1C[C@@]2(CCO2)CN1.N#CCNC(=O)c1ccc(-c2ccnc(Cc3ccc(N4CC[C@@]5(CCO5)C4)cc3)n2)cc1.N#CCNC(=O)c1ccc(-c2ccnc(Cl)n2)cc1.Nc1ccc(N2CC[C@@]3(CCO3)C2)cc1.O=C(OCc1ccccc1)N1CC[C@@]2(CCO2)C1.O=CO[O-].O=[N+]([O-])c1ccc(N2CC[C@@]3(CCO3)C2)cc1.[H-].[HH].[K+].[K+]. The van der Waals surface area contributed by atoms with Crippen molar-refractivity contribution in [2.75, 3.05) is 132 Å². The molecule has 8 aromatic rings. The van der Waals surface area contributed by atoms with E-state index in [0.717, 1.165) is 176 Å². The van der Waals surface area contributed by atoms with Gasteiger partial charge in [-0.3, -0.25) is 24.5 Å². The van der Waals surface area contributed by atoms with Gasteiger partial charge >= 0.3 is 109 Å². The van der Waals surface area contributed by atoms with E-state index in [4.69, 9.17) is 71.3 Å². The maximum atomic E-state index is 12.0. The van der Waals surface area contributed by atoms with Crippen molar-refractivity contribution in [1.82, 2.24) is 40.8 Å². The number of nitrogen functional groups attached to an aromatic ring is 1. The Balaban J connectivity index is 0.000000201. The van der Waals surface area contributed by atoms with E-state index in [1.165, 1.54) is 37.1 Å². The van der Waals surface area contributed by atoms with Crippen molar-refractivity contribution in [3.63, 3.8) is 0 Å². The molecule has 10 fully saturated rings. The Hall–Kier alpha value is -7.98. The van der Waals surface area contributed by atoms with E-state index in [-0.39, 0.29) is 189 Å². The predicted octanol–water partition coefficient (Wildman–Crippen LogP) is 4.77. The average Bonchev–Trinajstić information content (AvgIpc) is 1.66. The van der Waals surface area contributed by atoms with Crippen LogP contribution in [-0.4, -0.2) is 194 Å². The zero-order chi connectivity index (χ0) is 79.8. The normalized spacial score (nSPS) is 22.0. The molecule has 12 heterocycles. The number of carbonyl (C=O) groups excluding carboxylic acids is 4. The average molecular weight is 1670 g/mol. The number of nitriles is 2. The molecule has 0 unspecified atom stereocenters. The van der Waals surface area contributed by atoms with Crippen LogP contribution in [0.25, 0.3) is 22.5 Å². The van der Waals surface area contributed by atoms with Gasteiger partial charge in [0.2, 0.25) is 5.28 Å². The zero-order valence-corrected chi connectivity index (χ0v) is 72.4. The molecular weight excluding hydrogens is 1570 g/mol. The second-order valence-electron chi connectivity index (χ2n) is 29.4. The van der Waals surface area contributed by atoms with E-state index in [2.05, 4.69) is 86.9 Å². The number of amides is 3. The van der Waals surface area contributed by atoms with Gasteiger partial charge in [-0.2, -0.15) is 10.5 Å². The first-order chi connectivity index (χ1) is 55.4. The van der Waals surface area contributed by atoms with Gasteiger partial charge in [-0.15, -0.1) is 0 Å². The molecule has 5 spiro atoms. The monoisotopic (exact) mass is 1670 g/mol. The van der Waals surface area contributed by atoms with Crippen LogP contribution in [0.2, 0.25) is 5.28 Å². The van der Waals surface area contributed by atoms with E-state index >= 15 is 0 Å². The maximum absolute atomic E-state index is 12.0. The van der Waals surface area contributed by atoms with Crippen molar-refractivity contribution in [2.24, 2.45) is 0 Å². The summed E-state index contributed by atoms with van der Waals surface area (Å²) in [5.74, 6) is 0.201. The van der Waals surface area contributed by atoms with E-state index in [1.807, 2.05) is 84.9 Å². The maximum Gasteiger partial charge on any atom is 1.00 e. The fourth-order valence-corrected chi connectivity index (χ4v) is 15.1. The summed E-state index contributed by atoms with van der Waals surface area (Å²) in [7, 11) is 0. The first kappa shape index (κ1) is 92.9. The third kappa shape index (κ3) is 25.8. The summed E-state index contributed by atoms with van der Waals surface area (Å²) >= 11 is 5.72. The third-order valence-electron chi connectivity index (χ3n) is 22.0. The van der Waals surface area contributed by atoms with Gasteiger partial charge in [0.05, 0.1) is 96.0 Å². The summed E-state index contributed by atoms with van der Waals surface area (Å²) in [5.41, 5.74) is 17.2. The van der Waals surface area contributed by atoms with Gasteiger partial charge in [-0.05, 0) is 146 Å². The quantitative estimate of drug-likeness (QED) is 0.0157. The number of nitro groups is 1. The first-order valence-corrected chi connectivity index (χ1v) is 38.6. The molecule has 3 amide bonds. The molecule has 117 heavy (non-hydrogen) atoms. The molecule has 18 rings (SSSR count). The minimum atomic E-state index is -0.371. The van der Waals surface area contributed by atoms with Crippen molar-refractivity contribution in [3.8, 4) is 34.7 Å². The number of ether oxygens (including phenoxy) is 6. The van der Waals surface area contributed by atoms with Gasteiger partial charge in [0, 0.05) is 162 Å². The second-order valence-corrected chi connectivity index (χ2v) is 29.7. The summed E-state index contributed by atoms with van der Waals surface area (Å²) < 4.78 is 33.5. The Bertz CT molecular complexity index is 4620. The predicted molar refractivity (Wildman–Crippen MR) is 433 cm³/mol. The number of nitro benzene ring substituents is 1. The first-order valence-electron chi connectivity index (χ1n) is 38.2. The van der Waals surface area contributed by atoms with E-state index in [0.29, 0.717) is 42.0 Å². The van der Waals surface area contributed by atoms with Crippen LogP contribution in [0.4, 0.5) is 33.2 Å². The van der Waals surface area contributed by atoms with Crippen LogP contribution >= 0.6 is 11.6 Å². The number of halogens is 1. The molecule has 5 atom stereocenters. The van der Waals surface area contributed by atoms with Crippen LogP contribution in [-0.2, 0) is 51.1 Å². The van der Waals surface area contributed by atoms with Crippen LogP contribution in [0.15, 0.2) is 176 Å². The molecule has 29 nitrogen and oxygen atoms in total. The molecule has 10 aliphatic heterocycles. The van der Waals surface area contributed by atoms with Gasteiger partial charge < -0.3 is 81.3 Å². The van der Waals surface area contributed by atoms with Gasteiger partial charge in [0.1, 0.15) is 25.5 Å². The Labute approximate surface area is 774 Å². The topological polar surface area (TPSA) is 373 Å². The smallest absolute Gasteiger partial charge is 1.00 e. The number of rotatable bonds is 15. The summed E-state index contributed by atoms with van der Waals surface area (Å²) in [5, 5.41) is 44.5. The van der Waals surface area contributed by atoms with Crippen molar-refractivity contribution < 1.29 is 168 Å². The summed E-state index contributed by atoms with van der Waals surface area (Å²) in [6, 6.07) is 54.6. The number of benzene rings is 6. The Morgan fingerprint density at radius 3 is 1.39 bits per heavy atom. The molecule has 0 bridgehead atoms. The van der Waals surface area contributed by atoms with Crippen LogP contribution in [0.1, 0.15) is 112 Å². The van der Waals surface area contributed by atoms with Crippen LogP contribution in [0.3, 0.4) is 0 Å². The van der Waals surface area contributed by atoms with Crippen molar-refractivity contribution in [2.45, 2.75) is 113 Å². The van der Waals surface area contributed by atoms with Gasteiger partial charge in [-0.25, -0.2) is 24.7 Å². The number of nitrogens with zero attached hydrogens (tertiary/aromatic N) is 11. The molecule has 608 valence electrons. The molecule has 0 radical (unpaired) electrons. The van der Waals surface area contributed by atoms with Crippen molar-refractivity contribution in [1.29, 1.82) is 10.5 Å². The van der Waals surface area contributed by atoms with Crippen molar-refractivity contribution >= 4 is 64.4 Å². The molecule has 32 heteroatoms. The molecule has 0 aliphatic carbocycles. The fraction of sp³-hybridized carbons (Fsp3) is 0.412. The molecule has 10 saturated heterocycles. The van der Waals surface area contributed by atoms with E-state index in [9.17, 15) is 24.5 Å². The largest absolute Gasteiger partial charge is 1.00 e. The second kappa shape index (κ2) is 44.9. The number of aromatic nitrogens is 4. The van der Waals surface area contributed by atoms with Gasteiger partial charge in [0.15, 0.2) is 0 Å². The summed E-state index contributed by atoms with van der Waals surface area (Å²) in [6.07, 6.45) is 15.1. The number of hydrogen-bond donors (Lipinski definition) is 4. The van der Waals surface area contributed by atoms with Crippen LogP contribution in [0, 0.1) is 32.8 Å². The molecule has 0 saturated carbocycles. The summed E-state index contributed by atoms with van der Waals surface area (Å²) in [6.45, 7) is 14.4. The van der Waals surface area contributed by atoms with Crippen molar-refractivity contribution in [3.05, 3.63) is 220 Å². The number of non-ortho nitro benzene ring substituents is 1. The van der Waals surface area contributed by atoms with Crippen LogP contribution < -0.4 is 144 Å². The van der Waals surface area contributed by atoms with E-state index in [1.54, 1.807) is 71.9 Å². The standard InChI is InChI=1S/C26H25N5O2.C14H17NO3.C13H9ClN4O.C12H14N2O3.C12H16N2O.C6H11NO.CH2O3.CH4.2K.H2.H/c27-12-14-29-25(32)21-5-3-20(4-6-21)23-9-13-28-24(30-23)17-19-1-7-22(8-2-19)31-15-10-26(18-31)11-16-33-26;16-13(17-10-12-4-2-1-3-5-12)15-8-6-14(11-15)7-9-18-14;14-13-17-7-5-11(18-13)9-1-3-10(4-2-9)12(19)16-8-6-15;15-14(16)11-3-1-10(2-4-11)13-7-5-12(9-13)6-8-17-12;13-10-1-3-11(4-2-10)14-7-5-12(9-14)6-8-15-12;1-3-7-5-6(1)2-4-8-6;2-1-4-3;;;;;/h1-9,13H,10-11,14-18H2,(H,29,32);1-5H,6-11H2;1-5,7H,8H2,(H,16,19);1-4H,5-9H2;1-4H,5-9,13H2;7H,1-5H2;1,3H;1H4;;;1H;/q;;;;;;;;2*+1;;-1/p-1/t26-;14-;;2*12-;6-;;;;;;/m11.111....../s1. The minimum Gasteiger partial charge on any atom is -1.00 e. The number of nitrogens with two attached hydrogens (primary N) is 1. The Kier molecular flexibility index (Phi) is 35.6. The molecular formula is C85H100ClK2N15O14. The molecule has 2 aromatic heterocycles. The number of carbonyl (C=O) groups is 4. The Morgan fingerprint density at radius 1 is 0.581 bits per heavy atom. The number of anilines is 4. The van der Waals surface area contributed by atoms with Gasteiger partial charge in [0.25, 0.3) is 24.0 Å². The molecule has 10 aliphatic rings. The fourth-order valence-electron chi connectivity index (χ4n) is 15.0.